The molecule has 0 aromatic heterocycles. The number of nitrogens with one attached hydrogen (secondary N) is 2. The van der Waals surface area contributed by atoms with E-state index >= 15 is 0 Å². The lowest BCUT2D eigenvalue weighted by molar-refractivity contribution is 0.0343. The molecular formula is C27H38N4O4. The molecule has 0 saturated carbocycles. The van der Waals surface area contributed by atoms with Crippen molar-refractivity contribution in [1.82, 2.24) is 15.1 Å². The van der Waals surface area contributed by atoms with E-state index in [1.54, 1.807) is 23.1 Å². The Morgan fingerprint density at radius 2 is 1.89 bits per heavy atom. The van der Waals surface area contributed by atoms with Crippen LogP contribution in [0.3, 0.4) is 0 Å². The van der Waals surface area contributed by atoms with Crippen molar-refractivity contribution in [2.75, 3.05) is 32.1 Å². The van der Waals surface area contributed by atoms with E-state index < -0.39 is 0 Å². The van der Waals surface area contributed by atoms with E-state index in [0.29, 0.717) is 30.1 Å². The summed E-state index contributed by atoms with van der Waals surface area (Å²) in [6.45, 7) is 9.34. The topological polar surface area (TPSA) is 94.1 Å². The molecule has 8 heteroatoms. The molecule has 190 valence electrons. The van der Waals surface area contributed by atoms with E-state index in [9.17, 15) is 14.7 Å². The van der Waals surface area contributed by atoms with Gasteiger partial charge in [-0.3, -0.25) is 9.69 Å². The average Bonchev–Trinajstić information content (AvgIpc) is 2.81. The summed E-state index contributed by atoms with van der Waals surface area (Å²) < 4.78 is 6.53. The molecule has 0 unspecified atom stereocenters. The molecule has 2 aromatic rings. The summed E-state index contributed by atoms with van der Waals surface area (Å²) in [6.07, 6.45) is -0.250. The molecular weight excluding hydrogens is 444 g/mol. The van der Waals surface area contributed by atoms with Gasteiger partial charge in [-0.05, 0) is 45.5 Å². The highest BCUT2D eigenvalue weighted by Gasteiger charge is 2.34. The summed E-state index contributed by atoms with van der Waals surface area (Å²) in [5, 5.41) is 15.5. The molecule has 0 fully saturated rings. The maximum Gasteiger partial charge on any atom is 0.319 e. The number of rotatable bonds is 8. The number of hydrogen-bond donors (Lipinski definition) is 3. The van der Waals surface area contributed by atoms with Crippen LogP contribution in [0.2, 0.25) is 0 Å². The third-order valence-corrected chi connectivity index (χ3v) is 6.15. The highest BCUT2D eigenvalue weighted by Crippen LogP contribution is 2.35. The summed E-state index contributed by atoms with van der Waals surface area (Å²) in [7, 11) is 2.04. The molecule has 1 heterocycles. The van der Waals surface area contributed by atoms with Gasteiger partial charge in [-0.15, -0.1) is 0 Å². The first-order valence-electron chi connectivity index (χ1n) is 12.2. The van der Waals surface area contributed by atoms with Gasteiger partial charge in [-0.2, -0.15) is 0 Å². The smallest absolute Gasteiger partial charge is 0.319 e. The van der Waals surface area contributed by atoms with E-state index in [-0.39, 0.29) is 42.7 Å². The molecule has 0 aliphatic carbocycles. The summed E-state index contributed by atoms with van der Waals surface area (Å²) in [6, 6.07) is 14.7. The van der Waals surface area contributed by atoms with Crippen LogP contribution in [0, 0.1) is 5.92 Å². The van der Waals surface area contributed by atoms with Crippen LogP contribution < -0.4 is 15.4 Å². The molecule has 1 aliphatic rings. The Morgan fingerprint density at radius 1 is 1.17 bits per heavy atom. The largest absolute Gasteiger partial charge is 0.486 e. The number of amides is 3. The molecule has 35 heavy (non-hydrogen) atoms. The van der Waals surface area contributed by atoms with Crippen molar-refractivity contribution < 1.29 is 19.4 Å². The van der Waals surface area contributed by atoms with Crippen LogP contribution in [0.1, 0.15) is 43.6 Å². The number of aliphatic hydroxyl groups excluding tert-OH is 1. The van der Waals surface area contributed by atoms with E-state index in [4.69, 9.17) is 4.74 Å². The van der Waals surface area contributed by atoms with Gasteiger partial charge in [0.25, 0.3) is 5.91 Å². The van der Waals surface area contributed by atoms with E-state index in [1.807, 2.05) is 46.0 Å². The molecule has 0 spiro atoms. The second-order valence-corrected chi connectivity index (χ2v) is 9.74. The Bertz CT molecular complexity index is 998. The van der Waals surface area contributed by atoms with Crippen molar-refractivity contribution in [2.24, 2.45) is 5.92 Å². The zero-order valence-electron chi connectivity index (χ0n) is 21.3. The lowest BCUT2D eigenvalue weighted by atomic mass is 9.99. The zero-order valence-corrected chi connectivity index (χ0v) is 21.3. The van der Waals surface area contributed by atoms with Crippen molar-refractivity contribution in [1.29, 1.82) is 0 Å². The molecule has 8 nitrogen and oxygen atoms in total. The maximum absolute atomic E-state index is 13.5. The number of carbonyl (C=O) groups excluding carboxylic acids is 2. The third-order valence-electron chi connectivity index (χ3n) is 6.15. The molecule has 0 radical (unpaired) electrons. The number of benzene rings is 2. The van der Waals surface area contributed by atoms with Crippen LogP contribution >= 0.6 is 0 Å². The fourth-order valence-electron chi connectivity index (χ4n) is 4.25. The predicted molar refractivity (Wildman–Crippen MR) is 138 cm³/mol. The second kappa shape index (κ2) is 12.0. The van der Waals surface area contributed by atoms with Crippen molar-refractivity contribution in [2.45, 2.75) is 52.4 Å². The van der Waals surface area contributed by atoms with Gasteiger partial charge in [0.2, 0.25) is 0 Å². The van der Waals surface area contributed by atoms with Gasteiger partial charge in [-0.1, -0.05) is 43.3 Å². The van der Waals surface area contributed by atoms with Gasteiger partial charge in [0.1, 0.15) is 6.10 Å². The van der Waals surface area contributed by atoms with Gasteiger partial charge in [-0.25, -0.2) is 4.79 Å². The number of para-hydroxylation sites is 1. The zero-order chi connectivity index (χ0) is 25.5. The van der Waals surface area contributed by atoms with Crippen LogP contribution in [-0.2, 0) is 6.54 Å². The van der Waals surface area contributed by atoms with Crippen LogP contribution in [0.15, 0.2) is 48.5 Å². The standard InChI is InChI=1S/C27H38N4O4/c1-18(2)28-27(34)29-23-13-9-12-22-25(23)35-24(16-30(5)15-21-10-7-6-8-11-21)19(3)14-31(26(22)33)20(4)17-32/h6-13,18-20,24,32H,14-17H2,1-5H3,(H2,28,29,34)/t19-,20-,24+/m0/s1. The van der Waals surface area contributed by atoms with Crippen molar-refractivity contribution in [3.8, 4) is 5.75 Å². The van der Waals surface area contributed by atoms with Gasteiger partial charge in [0.05, 0.1) is 23.9 Å². The van der Waals surface area contributed by atoms with Crippen molar-refractivity contribution in [3.05, 3.63) is 59.7 Å². The number of fused-ring (bicyclic) bond motifs is 1. The van der Waals surface area contributed by atoms with E-state index in [0.717, 1.165) is 6.54 Å². The van der Waals surface area contributed by atoms with Gasteiger partial charge >= 0.3 is 6.03 Å². The minimum absolute atomic E-state index is 0.0168. The number of nitrogens with zero attached hydrogens (tertiary/aromatic N) is 2. The summed E-state index contributed by atoms with van der Waals surface area (Å²) in [5.74, 6) is 0.116. The molecule has 0 bridgehead atoms. The molecule has 3 amide bonds. The highest BCUT2D eigenvalue weighted by atomic mass is 16.5. The molecule has 3 N–H and O–H groups in total. The summed E-state index contributed by atoms with van der Waals surface area (Å²) >= 11 is 0. The lowest BCUT2D eigenvalue weighted by Crippen LogP contribution is -2.49. The van der Waals surface area contributed by atoms with Crippen LogP contribution in [0.4, 0.5) is 10.5 Å². The molecule has 2 aromatic carbocycles. The van der Waals surface area contributed by atoms with Gasteiger partial charge in [0, 0.05) is 31.6 Å². The van der Waals surface area contributed by atoms with Crippen molar-refractivity contribution in [3.63, 3.8) is 0 Å². The maximum atomic E-state index is 13.5. The Hall–Kier alpha value is -3.10. The third kappa shape index (κ3) is 6.96. The van der Waals surface area contributed by atoms with Crippen LogP contribution in [-0.4, -0.2) is 71.8 Å². The Balaban J connectivity index is 1.94. The number of ether oxygens (including phenoxy) is 1. The average molecular weight is 483 g/mol. The van der Waals surface area contributed by atoms with E-state index in [1.165, 1.54) is 5.56 Å². The minimum atomic E-state index is -0.363. The molecule has 3 rings (SSSR count). The number of hydrogen-bond acceptors (Lipinski definition) is 5. The van der Waals surface area contributed by atoms with Gasteiger partial charge < -0.3 is 25.4 Å². The monoisotopic (exact) mass is 482 g/mol. The fourth-order valence-corrected chi connectivity index (χ4v) is 4.25. The number of urea groups is 1. The lowest BCUT2D eigenvalue weighted by Gasteiger charge is -2.38. The second-order valence-electron chi connectivity index (χ2n) is 9.74. The Morgan fingerprint density at radius 3 is 2.54 bits per heavy atom. The Kier molecular flexibility index (Phi) is 9.12. The van der Waals surface area contributed by atoms with Crippen LogP contribution in [0.5, 0.6) is 5.75 Å². The number of anilines is 1. The molecule has 3 atom stereocenters. The first kappa shape index (κ1) is 26.5. The van der Waals surface area contributed by atoms with E-state index in [2.05, 4.69) is 34.6 Å². The molecule has 0 saturated heterocycles. The highest BCUT2D eigenvalue weighted by molar-refractivity contribution is 6.01. The number of carbonyl (C=O) groups is 2. The fraction of sp³-hybridized carbons (Fsp3) is 0.481. The van der Waals surface area contributed by atoms with Crippen molar-refractivity contribution >= 4 is 17.6 Å². The summed E-state index contributed by atoms with van der Waals surface area (Å²) in [5.41, 5.74) is 2.01. The minimum Gasteiger partial charge on any atom is -0.486 e. The Labute approximate surface area is 208 Å². The quantitative estimate of drug-likeness (QED) is 0.535. The first-order chi connectivity index (χ1) is 16.7. The first-order valence-corrected chi connectivity index (χ1v) is 12.2. The normalized spacial score (nSPS) is 19.0. The number of aliphatic hydroxyl groups is 1. The number of likely N-dealkylation sites (N-methyl/N-ethyl adjacent to an activating group) is 1. The SMILES string of the molecule is CC(C)NC(=O)Nc1cccc2c1O[C@H](CN(C)Cc1ccccc1)[C@@H](C)CN([C@@H](C)CO)C2=O. The predicted octanol–water partition coefficient (Wildman–Crippen LogP) is 3.57. The van der Waals surface area contributed by atoms with Gasteiger partial charge in [0.15, 0.2) is 5.75 Å². The van der Waals surface area contributed by atoms with Crippen LogP contribution in [0.25, 0.3) is 0 Å². The molecule has 1 aliphatic heterocycles. The summed E-state index contributed by atoms with van der Waals surface area (Å²) in [4.78, 5) is 29.9.